The number of nitrogens with one attached hydrogen (secondary N) is 2. The van der Waals surface area contributed by atoms with E-state index in [4.69, 9.17) is 17.0 Å². The van der Waals surface area contributed by atoms with Gasteiger partial charge in [0.25, 0.3) is 11.5 Å². The number of rotatable bonds is 7. The average molecular weight is 443 g/mol. The van der Waals surface area contributed by atoms with Gasteiger partial charge in [0.2, 0.25) is 0 Å². The first-order chi connectivity index (χ1) is 15.1. The maximum atomic E-state index is 13.0. The molecule has 0 bridgehead atoms. The Morgan fingerprint density at radius 3 is 2.81 bits per heavy atom. The molecule has 0 atom stereocenters. The SMILES string of the molecule is O=C(NCCN1CCOCC1)c1ccc2c(=O)n(CCC3=CCCCC3)c(=S)[nH]c2c1. The molecular weight excluding hydrogens is 412 g/mol. The maximum Gasteiger partial charge on any atom is 0.262 e. The summed E-state index contributed by atoms with van der Waals surface area (Å²) in [6.07, 6.45) is 7.87. The first-order valence-electron chi connectivity index (χ1n) is 11.1. The van der Waals surface area contributed by atoms with Crippen LogP contribution in [0.4, 0.5) is 0 Å². The summed E-state index contributed by atoms with van der Waals surface area (Å²) < 4.78 is 7.38. The lowest BCUT2D eigenvalue weighted by atomic mass is 9.97. The van der Waals surface area contributed by atoms with Gasteiger partial charge in [-0.1, -0.05) is 11.6 Å². The van der Waals surface area contributed by atoms with Gasteiger partial charge in [0, 0.05) is 38.3 Å². The van der Waals surface area contributed by atoms with Crippen LogP contribution >= 0.6 is 12.2 Å². The zero-order valence-corrected chi connectivity index (χ0v) is 18.6. The van der Waals surface area contributed by atoms with Crippen LogP contribution in [0.15, 0.2) is 34.6 Å². The smallest absolute Gasteiger partial charge is 0.262 e. The Bertz CT molecular complexity index is 1080. The van der Waals surface area contributed by atoms with Crippen molar-refractivity contribution in [2.24, 2.45) is 0 Å². The van der Waals surface area contributed by atoms with E-state index in [9.17, 15) is 9.59 Å². The first-order valence-corrected chi connectivity index (χ1v) is 11.6. The monoisotopic (exact) mass is 442 g/mol. The molecule has 2 heterocycles. The Kier molecular flexibility index (Phi) is 7.32. The molecule has 4 rings (SSSR count). The number of nitrogens with zero attached hydrogens (tertiary/aromatic N) is 2. The highest BCUT2D eigenvalue weighted by molar-refractivity contribution is 7.71. The van der Waals surface area contributed by atoms with Crippen molar-refractivity contribution in [1.82, 2.24) is 19.8 Å². The summed E-state index contributed by atoms with van der Waals surface area (Å²) in [5, 5.41) is 3.51. The van der Waals surface area contributed by atoms with Crippen molar-refractivity contribution in [2.45, 2.75) is 38.6 Å². The third kappa shape index (κ3) is 5.50. The molecule has 8 heteroatoms. The van der Waals surface area contributed by atoms with E-state index in [1.165, 1.54) is 18.4 Å². The molecule has 2 N–H and O–H groups in total. The predicted octanol–water partition coefficient (Wildman–Crippen LogP) is 3.01. The molecule has 1 fully saturated rings. The van der Waals surface area contributed by atoms with Crippen LogP contribution in [0.5, 0.6) is 0 Å². The molecule has 0 saturated carbocycles. The van der Waals surface area contributed by atoms with E-state index in [1.54, 1.807) is 22.8 Å². The number of allylic oxidation sites excluding steroid dienone is 2. The van der Waals surface area contributed by atoms with Gasteiger partial charge >= 0.3 is 0 Å². The molecule has 2 aliphatic rings. The molecule has 1 aromatic heterocycles. The highest BCUT2D eigenvalue weighted by atomic mass is 32.1. The molecule has 0 spiro atoms. The van der Waals surface area contributed by atoms with Gasteiger partial charge in [-0.15, -0.1) is 0 Å². The van der Waals surface area contributed by atoms with E-state index in [0.717, 1.165) is 52.1 Å². The number of ether oxygens (including phenoxy) is 1. The number of carbonyl (C=O) groups is 1. The van der Waals surface area contributed by atoms with Gasteiger partial charge in [-0.05, 0) is 62.5 Å². The maximum absolute atomic E-state index is 13.0. The normalized spacial score (nSPS) is 17.5. The van der Waals surface area contributed by atoms with Crippen LogP contribution in [-0.2, 0) is 11.3 Å². The van der Waals surface area contributed by atoms with Gasteiger partial charge < -0.3 is 15.0 Å². The molecule has 31 heavy (non-hydrogen) atoms. The number of morpholine rings is 1. The fourth-order valence-corrected chi connectivity index (χ4v) is 4.52. The van der Waals surface area contributed by atoms with Gasteiger partial charge in [-0.2, -0.15) is 0 Å². The lowest BCUT2D eigenvalue weighted by Crippen LogP contribution is -2.41. The molecule has 1 amide bonds. The van der Waals surface area contributed by atoms with E-state index in [2.05, 4.69) is 21.3 Å². The Balaban J connectivity index is 1.43. The third-order valence-electron chi connectivity index (χ3n) is 6.10. The number of benzene rings is 1. The molecule has 0 radical (unpaired) electrons. The average Bonchev–Trinajstić information content (AvgIpc) is 2.80. The Morgan fingerprint density at radius 2 is 2.03 bits per heavy atom. The Morgan fingerprint density at radius 1 is 1.19 bits per heavy atom. The fraction of sp³-hybridized carbons (Fsp3) is 0.522. The Hall–Kier alpha value is -2.29. The number of amides is 1. The lowest BCUT2D eigenvalue weighted by molar-refractivity contribution is 0.0383. The summed E-state index contributed by atoms with van der Waals surface area (Å²) in [5.74, 6) is -0.150. The minimum atomic E-state index is -0.150. The lowest BCUT2D eigenvalue weighted by Gasteiger charge is -2.26. The summed E-state index contributed by atoms with van der Waals surface area (Å²) in [6, 6.07) is 5.14. The zero-order valence-electron chi connectivity index (χ0n) is 17.8. The second kappa shape index (κ2) is 10.3. The van der Waals surface area contributed by atoms with Gasteiger partial charge in [0.1, 0.15) is 0 Å². The molecule has 0 unspecified atom stereocenters. The highest BCUT2D eigenvalue weighted by Crippen LogP contribution is 2.20. The van der Waals surface area contributed by atoms with Crippen molar-refractivity contribution in [2.75, 3.05) is 39.4 Å². The van der Waals surface area contributed by atoms with Gasteiger partial charge in [-0.25, -0.2) is 0 Å². The first kappa shape index (κ1) is 21.9. The van der Waals surface area contributed by atoms with Crippen LogP contribution in [0.3, 0.4) is 0 Å². The predicted molar refractivity (Wildman–Crippen MR) is 124 cm³/mol. The second-order valence-electron chi connectivity index (χ2n) is 8.22. The molecular formula is C23H30N4O3S. The van der Waals surface area contributed by atoms with E-state index in [-0.39, 0.29) is 11.5 Å². The third-order valence-corrected chi connectivity index (χ3v) is 6.43. The van der Waals surface area contributed by atoms with E-state index in [0.29, 0.717) is 34.3 Å². The number of H-pyrrole nitrogens is 1. The molecule has 1 aromatic carbocycles. The number of hydrogen-bond acceptors (Lipinski definition) is 5. The molecule has 1 saturated heterocycles. The van der Waals surface area contributed by atoms with Crippen molar-refractivity contribution in [3.05, 3.63) is 50.5 Å². The van der Waals surface area contributed by atoms with E-state index >= 15 is 0 Å². The number of aromatic amines is 1. The molecule has 7 nitrogen and oxygen atoms in total. The summed E-state index contributed by atoms with van der Waals surface area (Å²) in [6.45, 7) is 5.23. The summed E-state index contributed by atoms with van der Waals surface area (Å²) in [4.78, 5) is 31.0. The quantitative estimate of drug-likeness (QED) is 0.509. The van der Waals surface area contributed by atoms with Crippen LogP contribution < -0.4 is 10.9 Å². The summed E-state index contributed by atoms with van der Waals surface area (Å²) in [5.41, 5.74) is 2.43. The van der Waals surface area contributed by atoms with Crippen LogP contribution in [0, 0.1) is 4.77 Å². The molecule has 2 aromatic rings. The van der Waals surface area contributed by atoms with Crippen LogP contribution in [0.25, 0.3) is 10.9 Å². The number of hydrogen-bond donors (Lipinski definition) is 2. The summed E-state index contributed by atoms with van der Waals surface area (Å²) >= 11 is 5.46. The van der Waals surface area contributed by atoms with Gasteiger partial charge in [0.15, 0.2) is 4.77 Å². The van der Waals surface area contributed by atoms with Gasteiger partial charge in [0.05, 0.1) is 24.1 Å². The standard InChI is InChI=1S/C23H30N4O3S/c28-21(24-9-11-26-12-14-30-15-13-26)18-6-7-19-20(16-18)25-23(31)27(22(19)29)10-8-17-4-2-1-3-5-17/h4,6-7,16H,1-3,5,8-15H2,(H,24,28)(H,25,31). The largest absolute Gasteiger partial charge is 0.379 e. The van der Waals surface area contributed by atoms with Crippen LogP contribution in [-0.4, -0.2) is 59.8 Å². The van der Waals surface area contributed by atoms with Gasteiger partial charge in [-0.3, -0.25) is 19.1 Å². The second-order valence-corrected chi connectivity index (χ2v) is 8.60. The van der Waals surface area contributed by atoms with Crippen molar-refractivity contribution in [1.29, 1.82) is 0 Å². The van der Waals surface area contributed by atoms with Crippen molar-refractivity contribution >= 4 is 29.0 Å². The minimum Gasteiger partial charge on any atom is -0.379 e. The number of aromatic nitrogens is 2. The van der Waals surface area contributed by atoms with E-state index < -0.39 is 0 Å². The zero-order chi connectivity index (χ0) is 21.6. The van der Waals surface area contributed by atoms with E-state index in [1.807, 2.05) is 0 Å². The number of fused-ring (bicyclic) bond motifs is 1. The fourth-order valence-electron chi connectivity index (χ4n) is 4.24. The molecule has 1 aliphatic carbocycles. The molecule has 1 aliphatic heterocycles. The topological polar surface area (TPSA) is 79.4 Å². The highest BCUT2D eigenvalue weighted by Gasteiger charge is 2.13. The van der Waals surface area contributed by atoms with Crippen LogP contribution in [0.1, 0.15) is 42.5 Å². The number of carbonyl (C=O) groups excluding carboxylic acids is 1. The molecule has 166 valence electrons. The van der Waals surface area contributed by atoms with Crippen LogP contribution in [0.2, 0.25) is 0 Å². The summed E-state index contributed by atoms with van der Waals surface area (Å²) in [7, 11) is 0. The minimum absolute atomic E-state index is 0.102. The van der Waals surface area contributed by atoms with Crippen molar-refractivity contribution in [3.63, 3.8) is 0 Å². The van der Waals surface area contributed by atoms with Crippen molar-refractivity contribution in [3.8, 4) is 0 Å². The van der Waals surface area contributed by atoms with Crippen molar-refractivity contribution < 1.29 is 9.53 Å². The Labute approximate surface area is 187 Å².